The van der Waals surface area contributed by atoms with Crippen LogP contribution in [0.25, 0.3) is 0 Å². The van der Waals surface area contributed by atoms with Crippen molar-refractivity contribution in [2.45, 2.75) is 32.1 Å². The highest BCUT2D eigenvalue weighted by Crippen LogP contribution is 2.17. The van der Waals surface area contributed by atoms with E-state index in [-0.39, 0.29) is 12.3 Å². The van der Waals surface area contributed by atoms with Crippen molar-refractivity contribution in [3.63, 3.8) is 0 Å². The molecule has 0 spiro atoms. The standard InChI is InChI=1S/C10H17F2NO2/c11-9(12)4-6-13-5-2-1-3-8(7-13)10(14)15/h8-9H,1-7H2,(H,14,15). The first-order valence-corrected chi connectivity index (χ1v) is 5.33. The minimum absolute atomic E-state index is 0.160. The monoisotopic (exact) mass is 221 g/mol. The lowest BCUT2D eigenvalue weighted by Crippen LogP contribution is -2.33. The molecule has 0 amide bonds. The SMILES string of the molecule is O=C(O)C1CCCCN(CCC(F)F)C1. The molecule has 1 heterocycles. The van der Waals surface area contributed by atoms with E-state index in [1.165, 1.54) is 0 Å². The number of aliphatic carboxylic acids is 1. The Balaban J connectivity index is 2.39. The molecule has 0 bridgehead atoms. The largest absolute Gasteiger partial charge is 0.481 e. The number of hydrogen-bond donors (Lipinski definition) is 1. The van der Waals surface area contributed by atoms with E-state index >= 15 is 0 Å². The van der Waals surface area contributed by atoms with Gasteiger partial charge >= 0.3 is 5.97 Å². The Kier molecular flexibility index (Phi) is 4.94. The second-order valence-electron chi connectivity index (χ2n) is 4.01. The van der Waals surface area contributed by atoms with E-state index in [9.17, 15) is 13.6 Å². The van der Waals surface area contributed by atoms with Crippen LogP contribution in [0.3, 0.4) is 0 Å². The predicted molar refractivity (Wildman–Crippen MR) is 52.0 cm³/mol. The lowest BCUT2D eigenvalue weighted by Gasteiger charge is -2.21. The van der Waals surface area contributed by atoms with Crippen molar-refractivity contribution in [2.24, 2.45) is 5.92 Å². The molecule has 0 aromatic carbocycles. The van der Waals surface area contributed by atoms with Crippen LogP contribution in [0.15, 0.2) is 0 Å². The maximum absolute atomic E-state index is 12.0. The van der Waals surface area contributed by atoms with Gasteiger partial charge in [-0.25, -0.2) is 8.78 Å². The first-order valence-electron chi connectivity index (χ1n) is 5.33. The fourth-order valence-electron chi connectivity index (χ4n) is 1.91. The molecule has 1 rings (SSSR count). The van der Waals surface area contributed by atoms with Gasteiger partial charge in [0, 0.05) is 19.5 Å². The average molecular weight is 221 g/mol. The third-order valence-electron chi connectivity index (χ3n) is 2.77. The fourth-order valence-corrected chi connectivity index (χ4v) is 1.91. The maximum Gasteiger partial charge on any atom is 0.307 e. The van der Waals surface area contributed by atoms with Crippen LogP contribution in [0.2, 0.25) is 0 Å². The number of nitrogens with zero attached hydrogens (tertiary/aromatic N) is 1. The third kappa shape index (κ3) is 4.55. The van der Waals surface area contributed by atoms with Crippen molar-refractivity contribution < 1.29 is 18.7 Å². The van der Waals surface area contributed by atoms with Crippen molar-refractivity contribution in [3.05, 3.63) is 0 Å². The van der Waals surface area contributed by atoms with Crippen LogP contribution < -0.4 is 0 Å². The topological polar surface area (TPSA) is 40.5 Å². The molecule has 0 aromatic rings. The van der Waals surface area contributed by atoms with Crippen molar-refractivity contribution in [1.82, 2.24) is 4.90 Å². The van der Waals surface area contributed by atoms with E-state index in [1.807, 2.05) is 4.90 Å². The molecule has 88 valence electrons. The summed E-state index contributed by atoms with van der Waals surface area (Å²) in [7, 11) is 0. The van der Waals surface area contributed by atoms with Crippen molar-refractivity contribution in [2.75, 3.05) is 19.6 Å². The summed E-state index contributed by atoms with van der Waals surface area (Å²) >= 11 is 0. The zero-order chi connectivity index (χ0) is 11.3. The highest BCUT2D eigenvalue weighted by Gasteiger charge is 2.23. The molecule has 1 unspecified atom stereocenters. The van der Waals surface area contributed by atoms with Gasteiger partial charge in [-0.1, -0.05) is 6.42 Å². The quantitative estimate of drug-likeness (QED) is 0.787. The smallest absolute Gasteiger partial charge is 0.307 e. The Morgan fingerprint density at radius 1 is 1.47 bits per heavy atom. The predicted octanol–water partition coefficient (Wildman–Crippen LogP) is 1.83. The summed E-state index contributed by atoms with van der Waals surface area (Å²) in [5.74, 6) is -1.19. The molecule has 3 nitrogen and oxygen atoms in total. The van der Waals surface area contributed by atoms with Gasteiger partial charge in [0.1, 0.15) is 0 Å². The summed E-state index contributed by atoms with van der Waals surface area (Å²) in [6.07, 6.45) is -0.00121. The van der Waals surface area contributed by atoms with E-state index in [4.69, 9.17) is 5.11 Å². The molecular formula is C10H17F2NO2. The molecule has 0 aromatic heterocycles. The molecule has 1 saturated heterocycles. The number of carbonyl (C=O) groups is 1. The zero-order valence-electron chi connectivity index (χ0n) is 8.66. The summed E-state index contributed by atoms with van der Waals surface area (Å²) in [4.78, 5) is 12.7. The second kappa shape index (κ2) is 6.00. The van der Waals surface area contributed by atoms with E-state index < -0.39 is 12.4 Å². The summed E-state index contributed by atoms with van der Waals surface area (Å²) in [6, 6.07) is 0. The summed E-state index contributed by atoms with van der Waals surface area (Å²) in [5.41, 5.74) is 0. The highest BCUT2D eigenvalue weighted by atomic mass is 19.3. The van der Waals surface area contributed by atoms with Crippen molar-refractivity contribution in [1.29, 1.82) is 0 Å². The number of likely N-dealkylation sites (tertiary alicyclic amines) is 1. The second-order valence-corrected chi connectivity index (χ2v) is 4.01. The van der Waals surface area contributed by atoms with Gasteiger partial charge in [0.2, 0.25) is 6.43 Å². The molecule has 1 fully saturated rings. The van der Waals surface area contributed by atoms with Gasteiger partial charge in [-0.05, 0) is 19.4 Å². The Hall–Kier alpha value is -0.710. The van der Waals surface area contributed by atoms with Gasteiger partial charge in [-0.15, -0.1) is 0 Å². The number of carboxylic acid groups (broad SMARTS) is 1. The Labute approximate surface area is 88.1 Å². The molecule has 1 atom stereocenters. The molecule has 0 aliphatic carbocycles. The van der Waals surface area contributed by atoms with Crippen LogP contribution in [-0.4, -0.2) is 42.0 Å². The number of alkyl halides is 2. The first-order chi connectivity index (χ1) is 7.09. The maximum atomic E-state index is 12.0. The van der Waals surface area contributed by atoms with Crippen LogP contribution in [0.1, 0.15) is 25.7 Å². The highest BCUT2D eigenvalue weighted by molar-refractivity contribution is 5.70. The van der Waals surface area contributed by atoms with Crippen molar-refractivity contribution >= 4 is 5.97 Å². The van der Waals surface area contributed by atoms with Crippen LogP contribution in [0, 0.1) is 5.92 Å². The van der Waals surface area contributed by atoms with E-state index in [0.29, 0.717) is 19.5 Å². The molecule has 1 aliphatic heterocycles. The van der Waals surface area contributed by atoms with Crippen molar-refractivity contribution in [3.8, 4) is 0 Å². The Bertz CT molecular complexity index is 212. The molecular weight excluding hydrogens is 204 g/mol. The van der Waals surface area contributed by atoms with Crippen LogP contribution >= 0.6 is 0 Å². The average Bonchev–Trinajstić information content (AvgIpc) is 2.39. The number of halogens is 2. The van der Waals surface area contributed by atoms with Gasteiger partial charge in [0.05, 0.1) is 5.92 Å². The van der Waals surface area contributed by atoms with Gasteiger partial charge in [0.25, 0.3) is 0 Å². The third-order valence-corrected chi connectivity index (χ3v) is 2.77. The summed E-state index contributed by atoms with van der Waals surface area (Å²) in [5, 5.41) is 8.88. The molecule has 0 saturated carbocycles. The van der Waals surface area contributed by atoms with Gasteiger partial charge < -0.3 is 10.0 Å². The van der Waals surface area contributed by atoms with Gasteiger partial charge in [-0.2, -0.15) is 0 Å². The first kappa shape index (κ1) is 12.4. The molecule has 1 N–H and O–H groups in total. The minimum atomic E-state index is -2.29. The molecule has 0 radical (unpaired) electrons. The molecule has 1 aliphatic rings. The van der Waals surface area contributed by atoms with Crippen LogP contribution in [0.5, 0.6) is 0 Å². The van der Waals surface area contributed by atoms with E-state index in [1.54, 1.807) is 0 Å². The number of carboxylic acids is 1. The fraction of sp³-hybridized carbons (Fsp3) is 0.900. The lowest BCUT2D eigenvalue weighted by atomic mass is 10.0. The zero-order valence-corrected chi connectivity index (χ0v) is 8.66. The molecule has 5 heteroatoms. The van der Waals surface area contributed by atoms with E-state index in [0.717, 1.165) is 19.4 Å². The lowest BCUT2D eigenvalue weighted by molar-refractivity contribution is -0.142. The normalized spacial score (nSPS) is 24.1. The van der Waals surface area contributed by atoms with Gasteiger partial charge in [0.15, 0.2) is 0 Å². The van der Waals surface area contributed by atoms with Crippen LogP contribution in [0.4, 0.5) is 8.78 Å². The Morgan fingerprint density at radius 2 is 2.20 bits per heavy atom. The number of hydrogen-bond acceptors (Lipinski definition) is 2. The number of rotatable bonds is 4. The molecule has 15 heavy (non-hydrogen) atoms. The van der Waals surface area contributed by atoms with Crippen LogP contribution in [-0.2, 0) is 4.79 Å². The Morgan fingerprint density at radius 3 is 2.80 bits per heavy atom. The summed E-state index contributed by atoms with van der Waals surface area (Å²) < 4.78 is 24.0. The summed E-state index contributed by atoms with van der Waals surface area (Å²) in [6.45, 7) is 1.47. The van der Waals surface area contributed by atoms with Gasteiger partial charge in [-0.3, -0.25) is 4.79 Å². The van der Waals surface area contributed by atoms with E-state index in [2.05, 4.69) is 0 Å². The minimum Gasteiger partial charge on any atom is -0.481 e.